The van der Waals surface area contributed by atoms with Crippen molar-refractivity contribution in [2.75, 3.05) is 13.2 Å². The second kappa shape index (κ2) is 17.4. The molecular formula is C42H40N2O6. The summed E-state index contributed by atoms with van der Waals surface area (Å²) in [5, 5.41) is 28.9. The van der Waals surface area contributed by atoms with Gasteiger partial charge in [-0.05, 0) is 34.4 Å². The van der Waals surface area contributed by atoms with Gasteiger partial charge < -0.3 is 30.3 Å². The van der Waals surface area contributed by atoms with Gasteiger partial charge in [0, 0.05) is 0 Å². The van der Waals surface area contributed by atoms with Gasteiger partial charge in [-0.3, -0.25) is 9.59 Å². The van der Waals surface area contributed by atoms with Crippen LogP contribution in [0.15, 0.2) is 159 Å². The van der Waals surface area contributed by atoms with Crippen molar-refractivity contribution in [3.05, 3.63) is 192 Å². The molecule has 0 saturated heterocycles. The number of benzene rings is 5. The van der Waals surface area contributed by atoms with Crippen LogP contribution in [0.3, 0.4) is 0 Å². The minimum absolute atomic E-state index is 0.0440. The monoisotopic (exact) mass is 668 g/mol. The molecule has 0 heterocycles. The Bertz CT molecular complexity index is 1730. The number of carbonyl (C=O) groups excluding carboxylic acids is 2. The number of hydrogen-bond donors (Lipinski definition) is 4. The van der Waals surface area contributed by atoms with Gasteiger partial charge in [-0.25, -0.2) is 0 Å². The predicted molar refractivity (Wildman–Crippen MR) is 194 cm³/mol. The summed E-state index contributed by atoms with van der Waals surface area (Å²) in [6.07, 6.45) is 0.897. The summed E-state index contributed by atoms with van der Waals surface area (Å²) in [4.78, 5) is 28.3. The van der Waals surface area contributed by atoms with E-state index in [9.17, 15) is 19.8 Å². The number of amides is 2. The number of nitrogens with one attached hydrogen (secondary N) is 2. The highest BCUT2D eigenvalue weighted by atomic mass is 16.5. The fraction of sp³-hybridized carbons (Fsp3) is 0.143. The van der Waals surface area contributed by atoms with Crippen LogP contribution in [0.1, 0.15) is 67.3 Å². The molecule has 0 fully saturated rings. The Morgan fingerprint density at radius 2 is 0.840 bits per heavy atom. The van der Waals surface area contributed by atoms with Crippen molar-refractivity contribution in [1.29, 1.82) is 0 Å². The van der Waals surface area contributed by atoms with Crippen molar-refractivity contribution >= 4 is 11.8 Å². The quantitative estimate of drug-likeness (QED) is 0.0825. The van der Waals surface area contributed by atoms with Crippen molar-refractivity contribution in [3.8, 4) is 11.5 Å². The molecule has 5 rings (SSSR count). The molecule has 8 nitrogen and oxygen atoms in total. The van der Waals surface area contributed by atoms with E-state index in [1.807, 2.05) is 97.1 Å². The zero-order valence-corrected chi connectivity index (χ0v) is 27.5. The normalized spacial score (nSPS) is 13.2. The summed E-state index contributed by atoms with van der Waals surface area (Å²) in [6, 6.07) is 37.7. The summed E-state index contributed by atoms with van der Waals surface area (Å²) in [5.41, 5.74) is 2.78. The number of carbonyl (C=O) groups is 2. The molecule has 0 spiro atoms. The van der Waals surface area contributed by atoms with Crippen LogP contribution in [-0.4, -0.2) is 35.2 Å². The molecule has 0 saturated carbocycles. The lowest BCUT2D eigenvalue weighted by Gasteiger charge is -2.27. The van der Waals surface area contributed by atoms with Crippen LogP contribution in [0, 0.1) is 0 Å². The molecule has 2 amide bonds. The van der Waals surface area contributed by atoms with E-state index in [0.29, 0.717) is 22.3 Å². The van der Waals surface area contributed by atoms with Crippen molar-refractivity contribution in [3.63, 3.8) is 0 Å². The van der Waals surface area contributed by atoms with E-state index >= 15 is 0 Å². The standard InChI is InChI=1S/C42H40N2O6/c1-3-25-49-35-27-34(42(48)44-38(30-19-11-6-12-20-30)40(46)32-23-15-8-16-24-32)36(50-26-4-2)28-33(35)41(47)43-37(29-17-9-5-10-18-29)39(45)31-21-13-7-14-22-31/h3-24,27-28,37-40,45-46H,1-2,25-26H2,(H,43,47)(H,44,48)/t37-,38-,39+,40+/m1/s1. The maximum absolute atomic E-state index is 14.1. The highest BCUT2D eigenvalue weighted by molar-refractivity contribution is 6.02. The Balaban J connectivity index is 1.53. The van der Waals surface area contributed by atoms with Crippen LogP contribution >= 0.6 is 0 Å². The Morgan fingerprint density at radius 1 is 0.540 bits per heavy atom. The van der Waals surface area contributed by atoms with Gasteiger partial charge in [-0.2, -0.15) is 0 Å². The molecule has 254 valence electrons. The third-order valence-corrected chi connectivity index (χ3v) is 8.09. The molecule has 50 heavy (non-hydrogen) atoms. The van der Waals surface area contributed by atoms with Crippen LogP contribution in [0.4, 0.5) is 0 Å². The Kier molecular flexibility index (Phi) is 12.3. The van der Waals surface area contributed by atoms with Crippen LogP contribution in [-0.2, 0) is 0 Å². The second-order valence-electron chi connectivity index (χ2n) is 11.5. The Hall–Kier alpha value is -5.96. The number of aliphatic hydroxyl groups excluding tert-OH is 2. The first kappa shape index (κ1) is 35.3. The van der Waals surface area contributed by atoms with Gasteiger partial charge in [0.2, 0.25) is 0 Å². The van der Waals surface area contributed by atoms with Crippen LogP contribution < -0.4 is 20.1 Å². The van der Waals surface area contributed by atoms with E-state index in [2.05, 4.69) is 23.8 Å². The zero-order valence-electron chi connectivity index (χ0n) is 27.5. The van der Waals surface area contributed by atoms with E-state index in [-0.39, 0.29) is 35.8 Å². The molecule has 0 aliphatic carbocycles. The van der Waals surface area contributed by atoms with E-state index in [1.165, 1.54) is 24.3 Å². The molecule has 0 aliphatic rings. The highest BCUT2D eigenvalue weighted by Crippen LogP contribution is 2.35. The maximum Gasteiger partial charge on any atom is 0.255 e. The van der Waals surface area contributed by atoms with Gasteiger partial charge in [0.05, 0.1) is 23.2 Å². The van der Waals surface area contributed by atoms with Crippen LogP contribution in [0.5, 0.6) is 11.5 Å². The summed E-state index contributed by atoms with van der Waals surface area (Å²) in [6.45, 7) is 7.55. The van der Waals surface area contributed by atoms with Gasteiger partial charge in [-0.15, -0.1) is 0 Å². The second-order valence-corrected chi connectivity index (χ2v) is 11.5. The smallest absolute Gasteiger partial charge is 0.255 e. The lowest BCUT2D eigenvalue weighted by atomic mass is 9.94. The number of aliphatic hydroxyl groups is 2. The lowest BCUT2D eigenvalue weighted by molar-refractivity contribution is 0.0818. The average molecular weight is 669 g/mol. The maximum atomic E-state index is 14.1. The van der Waals surface area contributed by atoms with E-state index in [1.54, 1.807) is 24.3 Å². The molecule has 4 N–H and O–H groups in total. The van der Waals surface area contributed by atoms with E-state index in [0.717, 1.165) is 0 Å². The molecule has 0 aromatic heterocycles. The van der Waals surface area contributed by atoms with Gasteiger partial charge >= 0.3 is 0 Å². The predicted octanol–water partition coefficient (Wildman–Crippen LogP) is 7.23. The molecule has 0 bridgehead atoms. The van der Waals surface area contributed by atoms with Gasteiger partial charge in [-0.1, -0.05) is 147 Å². The summed E-state index contributed by atoms with van der Waals surface area (Å²) in [5.74, 6) is -0.936. The van der Waals surface area contributed by atoms with E-state index < -0.39 is 36.1 Å². The van der Waals surface area contributed by atoms with Gasteiger partial charge in [0.1, 0.15) is 36.9 Å². The first-order valence-corrected chi connectivity index (χ1v) is 16.2. The number of rotatable bonds is 16. The first-order valence-electron chi connectivity index (χ1n) is 16.2. The van der Waals surface area contributed by atoms with Crippen LogP contribution in [0.2, 0.25) is 0 Å². The molecule has 0 radical (unpaired) electrons. The fourth-order valence-electron chi connectivity index (χ4n) is 5.58. The third-order valence-electron chi connectivity index (χ3n) is 8.09. The zero-order chi connectivity index (χ0) is 35.3. The summed E-state index contributed by atoms with van der Waals surface area (Å²) >= 11 is 0. The van der Waals surface area contributed by atoms with Crippen molar-refractivity contribution in [2.24, 2.45) is 0 Å². The minimum atomic E-state index is -1.08. The number of hydrogen-bond acceptors (Lipinski definition) is 6. The molecule has 4 atom stereocenters. The SMILES string of the molecule is C=CCOc1cc(C(=O)N[C@H](c2ccccc2)[C@@H](O)c2ccccc2)c(OCC=C)cc1C(=O)N[C@H](c1ccccc1)[C@@H](O)c1ccccc1. The third kappa shape index (κ3) is 8.73. The largest absolute Gasteiger partial charge is 0.489 e. The Morgan fingerprint density at radius 3 is 1.14 bits per heavy atom. The van der Waals surface area contributed by atoms with Gasteiger partial charge in [0.25, 0.3) is 11.8 Å². The molecule has 0 unspecified atom stereocenters. The molecule has 5 aromatic rings. The average Bonchev–Trinajstić information content (AvgIpc) is 3.17. The minimum Gasteiger partial charge on any atom is -0.489 e. The molecular weight excluding hydrogens is 628 g/mol. The topological polar surface area (TPSA) is 117 Å². The van der Waals surface area contributed by atoms with Crippen molar-refractivity contribution in [2.45, 2.75) is 24.3 Å². The lowest BCUT2D eigenvalue weighted by Crippen LogP contribution is -2.34. The summed E-state index contributed by atoms with van der Waals surface area (Å²) in [7, 11) is 0. The summed E-state index contributed by atoms with van der Waals surface area (Å²) < 4.78 is 11.9. The number of ether oxygens (including phenoxy) is 2. The van der Waals surface area contributed by atoms with E-state index in [4.69, 9.17) is 9.47 Å². The van der Waals surface area contributed by atoms with Gasteiger partial charge in [0.15, 0.2) is 0 Å². The molecule has 8 heteroatoms. The van der Waals surface area contributed by atoms with Crippen molar-refractivity contribution in [1.82, 2.24) is 10.6 Å². The van der Waals surface area contributed by atoms with Crippen molar-refractivity contribution < 1.29 is 29.3 Å². The molecule has 0 aliphatic heterocycles. The fourth-order valence-corrected chi connectivity index (χ4v) is 5.58. The Labute approximate surface area is 292 Å². The highest BCUT2D eigenvalue weighted by Gasteiger charge is 2.30. The first-order chi connectivity index (χ1) is 24.4. The molecule has 5 aromatic carbocycles. The van der Waals surface area contributed by atoms with Crippen LogP contribution in [0.25, 0.3) is 0 Å².